The van der Waals surface area contributed by atoms with Crippen LogP contribution in [0.15, 0.2) is 60.8 Å². The van der Waals surface area contributed by atoms with Crippen LogP contribution in [0.1, 0.15) is 239 Å². The molecule has 390 valence electrons. The molecule has 0 bridgehead atoms. The summed E-state index contributed by atoms with van der Waals surface area (Å²) in [5, 5.41) is 0. The average Bonchev–Trinajstić information content (AvgIpc) is 3.29. The first-order valence-corrected chi connectivity index (χ1v) is 29.0. The zero-order valence-electron chi connectivity index (χ0n) is 44.1. The molecule has 0 amide bonds. The van der Waals surface area contributed by atoms with E-state index in [1.54, 1.807) is 0 Å². The van der Waals surface area contributed by atoms with Crippen molar-refractivity contribution in [2.45, 2.75) is 245 Å². The van der Waals surface area contributed by atoms with Gasteiger partial charge in [-0.3, -0.25) is 18.6 Å². The number of rotatable bonds is 50. The number of phosphoric acid groups is 1. The summed E-state index contributed by atoms with van der Waals surface area (Å²) < 4.78 is 34.4. The molecule has 67 heavy (non-hydrogen) atoms. The van der Waals surface area contributed by atoms with Crippen molar-refractivity contribution in [3.8, 4) is 0 Å². The Hall–Kier alpha value is -2.29. The maximum Gasteiger partial charge on any atom is 0.472 e. The van der Waals surface area contributed by atoms with Crippen LogP contribution < -0.4 is 0 Å². The molecular weight excluding hydrogens is 858 g/mol. The molecule has 0 saturated carbocycles. The predicted molar refractivity (Wildman–Crippen MR) is 284 cm³/mol. The van der Waals surface area contributed by atoms with Gasteiger partial charge in [-0.2, -0.15) is 0 Å². The lowest BCUT2D eigenvalue weighted by molar-refractivity contribution is -0.870. The van der Waals surface area contributed by atoms with Crippen LogP contribution >= 0.6 is 7.82 Å². The Morgan fingerprint density at radius 1 is 0.478 bits per heavy atom. The zero-order chi connectivity index (χ0) is 49.2. The van der Waals surface area contributed by atoms with Crippen LogP contribution in [-0.2, 0) is 32.7 Å². The van der Waals surface area contributed by atoms with E-state index in [9.17, 15) is 19.0 Å². The van der Waals surface area contributed by atoms with Crippen LogP contribution in [0, 0.1) is 0 Å². The van der Waals surface area contributed by atoms with Crippen LogP contribution in [0.3, 0.4) is 0 Å². The molecular formula is C57H105NO8P+. The van der Waals surface area contributed by atoms with Gasteiger partial charge < -0.3 is 18.9 Å². The number of likely N-dealkylation sites (N-methyl/N-ethyl adjacent to an activating group) is 1. The quantitative estimate of drug-likeness (QED) is 0.0211. The Morgan fingerprint density at radius 3 is 1.25 bits per heavy atom. The largest absolute Gasteiger partial charge is 0.472 e. The minimum atomic E-state index is -4.40. The number of esters is 2. The zero-order valence-corrected chi connectivity index (χ0v) is 45.0. The van der Waals surface area contributed by atoms with Gasteiger partial charge in [0.25, 0.3) is 0 Å². The third-order valence-corrected chi connectivity index (χ3v) is 12.8. The molecule has 0 aromatic rings. The molecule has 0 aliphatic carbocycles. The highest BCUT2D eigenvalue weighted by Gasteiger charge is 2.27. The van der Waals surface area contributed by atoms with Gasteiger partial charge >= 0.3 is 19.8 Å². The van der Waals surface area contributed by atoms with E-state index in [1.165, 1.54) is 148 Å². The summed E-state index contributed by atoms with van der Waals surface area (Å²) >= 11 is 0. The van der Waals surface area contributed by atoms with Crippen molar-refractivity contribution >= 4 is 19.8 Å². The minimum Gasteiger partial charge on any atom is -0.462 e. The fraction of sp³-hybridized carbons (Fsp3) is 0.789. The fourth-order valence-corrected chi connectivity index (χ4v) is 8.32. The summed E-state index contributed by atoms with van der Waals surface area (Å²) in [5.74, 6) is -0.860. The molecule has 2 atom stereocenters. The van der Waals surface area contributed by atoms with Crippen molar-refractivity contribution in [3.05, 3.63) is 60.8 Å². The van der Waals surface area contributed by atoms with Crippen molar-refractivity contribution in [1.29, 1.82) is 0 Å². The molecule has 0 aliphatic heterocycles. The number of unbranched alkanes of at least 4 members (excludes halogenated alkanes) is 26. The summed E-state index contributed by atoms with van der Waals surface area (Å²) in [6.07, 6.45) is 61.6. The van der Waals surface area contributed by atoms with Gasteiger partial charge in [0, 0.05) is 12.8 Å². The summed E-state index contributed by atoms with van der Waals surface area (Å²) in [6, 6.07) is 0. The van der Waals surface area contributed by atoms with E-state index in [2.05, 4.69) is 68.5 Å². The van der Waals surface area contributed by atoms with Crippen LogP contribution in [0.2, 0.25) is 0 Å². The van der Waals surface area contributed by atoms with Gasteiger partial charge in [-0.05, 0) is 51.4 Å². The molecule has 0 aliphatic rings. The lowest BCUT2D eigenvalue weighted by atomic mass is 10.0. The van der Waals surface area contributed by atoms with Gasteiger partial charge in [0.1, 0.15) is 19.8 Å². The molecule has 0 radical (unpaired) electrons. The van der Waals surface area contributed by atoms with Crippen molar-refractivity contribution < 1.29 is 42.1 Å². The van der Waals surface area contributed by atoms with E-state index in [0.29, 0.717) is 23.9 Å². The van der Waals surface area contributed by atoms with Gasteiger partial charge in [0.2, 0.25) is 0 Å². The molecule has 2 unspecified atom stereocenters. The first kappa shape index (κ1) is 64.7. The van der Waals surface area contributed by atoms with E-state index in [4.69, 9.17) is 18.5 Å². The molecule has 0 aromatic carbocycles. The Kier molecular flexibility index (Phi) is 47.1. The van der Waals surface area contributed by atoms with E-state index in [0.717, 1.165) is 51.4 Å². The lowest BCUT2D eigenvalue weighted by Gasteiger charge is -2.24. The highest BCUT2D eigenvalue weighted by molar-refractivity contribution is 7.47. The first-order chi connectivity index (χ1) is 32.5. The third kappa shape index (κ3) is 52.9. The molecule has 0 fully saturated rings. The minimum absolute atomic E-state index is 0.0200. The topological polar surface area (TPSA) is 108 Å². The third-order valence-electron chi connectivity index (χ3n) is 11.8. The Labute approximate surface area is 413 Å². The van der Waals surface area contributed by atoms with Crippen LogP contribution in [0.5, 0.6) is 0 Å². The molecule has 0 rings (SSSR count). The number of carbonyl (C=O) groups is 2. The Bertz CT molecular complexity index is 1320. The standard InChI is InChI=1S/C57H104NO8P/c1-6-8-10-12-14-16-18-20-22-24-25-26-27-28-29-30-31-32-34-35-37-39-41-43-45-47-49-56(59)63-53-55(54-65-67(61,62)64-52-51-58(3,4)5)66-57(60)50-48-46-44-42-40-38-36-33-23-21-19-17-15-13-11-9-7-2/h9,11,15,17,21,23,36,38,42,44,55H,6-8,10,12-14,16,18-20,22,24-35,37,39-41,43,45-54H2,1-5H3/p+1/b11-9-,17-15-,23-21-,38-36-,44-42-. The molecule has 9 nitrogen and oxygen atoms in total. The summed E-state index contributed by atoms with van der Waals surface area (Å²) in [7, 11) is 1.44. The molecule has 0 spiro atoms. The highest BCUT2D eigenvalue weighted by Crippen LogP contribution is 2.43. The molecule has 0 saturated heterocycles. The molecule has 1 N–H and O–H groups in total. The Morgan fingerprint density at radius 2 is 0.851 bits per heavy atom. The van der Waals surface area contributed by atoms with E-state index < -0.39 is 26.5 Å². The number of ether oxygens (including phenoxy) is 2. The summed E-state index contributed by atoms with van der Waals surface area (Å²) in [6.45, 7) is 4.27. The predicted octanol–water partition coefficient (Wildman–Crippen LogP) is 16.8. The van der Waals surface area contributed by atoms with Gasteiger partial charge in [-0.15, -0.1) is 0 Å². The smallest absolute Gasteiger partial charge is 0.462 e. The highest BCUT2D eigenvalue weighted by atomic mass is 31.2. The van der Waals surface area contributed by atoms with Crippen molar-refractivity contribution in [2.24, 2.45) is 0 Å². The number of phosphoric ester groups is 1. The van der Waals surface area contributed by atoms with E-state index >= 15 is 0 Å². The second-order valence-corrected chi connectivity index (χ2v) is 21.0. The number of hydrogen-bond acceptors (Lipinski definition) is 7. The number of quaternary nitrogens is 1. The molecule has 0 aromatic heterocycles. The monoisotopic (exact) mass is 963 g/mol. The first-order valence-electron chi connectivity index (χ1n) is 27.5. The van der Waals surface area contributed by atoms with E-state index in [-0.39, 0.29) is 32.0 Å². The van der Waals surface area contributed by atoms with E-state index in [1.807, 2.05) is 27.2 Å². The van der Waals surface area contributed by atoms with Crippen molar-refractivity contribution in [1.82, 2.24) is 0 Å². The number of hydrogen-bond donors (Lipinski definition) is 1. The summed E-state index contributed by atoms with van der Waals surface area (Å²) in [4.78, 5) is 35.6. The summed E-state index contributed by atoms with van der Waals surface area (Å²) in [5.41, 5.74) is 0. The van der Waals surface area contributed by atoms with Crippen LogP contribution in [0.25, 0.3) is 0 Å². The SMILES string of the molecule is CC/C=C\C/C=C\C/C=C\C/C=C\C/C=C\CCCC(=O)OC(COC(=O)CCCCCCCCCCCCCCCCCCCCCCCCCCCC)COP(=O)(O)OCC[N+](C)(C)C. The van der Waals surface area contributed by atoms with Gasteiger partial charge in [0.15, 0.2) is 6.10 Å². The van der Waals surface area contributed by atoms with Crippen LogP contribution in [-0.4, -0.2) is 74.9 Å². The van der Waals surface area contributed by atoms with Crippen LogP contribution in [0.4, 0.5) is 0 Å². The molecule has 10 heteroatoms. The second-order valence-electron chi connectivity index (χ2n) is 19.6. The fourth-order valence-electron chi connectivity index (χ4n) is 7.58. The maximum atomic E-state index is 12.7. The Balaban J connectivity index is 4.18. The second kappa shape index (κ2) is 48.7. The normalized spacial score (nSPS) is 13.8. The number of allylic oxidation sites excluding steroid dienone is 10. The average molecular weight is 963 g/mol. The number of carbonyl (C=O) groups excluding carboxylic acids is 2. The van der Waals surface area contributed by atoms with Gasteiger partial charge in [-0.25, -0.2) is 4.57 Å². The van der Waals surface area contributed by atoms with Crippen molar-refractivity contribution in [2.75, 3.05) is 47.5 Å². The maximum absolute atomic E-state index is 12.7. The number of nitrogens with zero attached hydrogens (tertiary/aromatic N) is 1. The molecule has 0 heterocycles. The van der Waals surface area contributed by atoms with Gasteiger partial charge in [0.05, 0.1) is 27.7 Å². The van der Waals surface area contributed by atoms with Crippen molar-refractivity contribution in [3.63, 3.8) is 0 Å². The van der Waals surface area contributed by atoms with Gasteiger partial charge in [-0.1, -0.05) is 235 Å². The lowest BCUT2D eigenvalue weighted by Crippen LogP contribution is -2.37.